The van der Waals surface area contributed by atoms with Crippen LogP contribution in [0, 0.1) is 0 Å². The van der Waals surface area contributed by atoms with E-state index in [1.807, 2.05) is 0 Å². The summed E-state index contributed by atoms with van der Waals surface area (Å²) >= 11 is 0. The molecule has 0 saturated carbocycles. The Balaban J connectivity index is 2.28. The quantitative estimate of drug-likeness (QED) is 0.588. The fourth-order valence-electron chi connectivity index (χ4n) is 1.37. The highest BCUT2D eigenvalue weighted by Crippen LogP contribution is 2.23. The van der Waals surface area contributed by atoms with E-state index in [0.717, 1.165) is 0 Å². The molecule has 0 bridgehead atoms. The van der Waals surface area contributed by atoms with Crippen molar-refractivity contribution >= 4 is 11.4 Å². The van der Waals surface area contributed by atoms with Gasteiger partial charge in [-0.15, -0.1) is 0 Å². The number of rotatable bonds is 3. The Morgan fingerprint density at radius 3 is 2.31 bits per heavy atom. The Bertz CT molecular complexity index is 579. The van der Waals surface area contributed by atoms with Crippen molar-refractivity contribution in [3.8, 4) is 11.5 Å². The van der Waals surface area contributed by atoms with Crippen LogP contribution in [0.4, 0.5) is 11.4 Å². The largest absolute Gasteiger partial charge is 0.508 e. The van der Waals surface area contributed by atoms with Crippen LogP contribution in [-0.2, 0) is 0 Å². The van der Waals surface area contributed by atoms with Crippen molar-refractivity contribution in [3.05, 3.63) is 44.7 Å². The van der Waals surface area contributed by atoms with E-state index in [9.17, 15) is 9.59 Å². The average Bonchev–Trinajstić information content (AvgIpc) is 2.30. The summed E-state index contributed by atoms with van der Waals surface area (Å²) in [4.78, 5) is 22.2. The van der Waals surface area contributed by atoms with Gasteiger partial charge in [-0.2, -0.15) is 0 Å². The van der Waals surface area contributed by atoms with E-state index in [1.165, 1.54) is 19.2 Å². The fraction of sp³-hybridized carbons (Fsp3) is 0.0909. The third kappa shape index (κ3) is 1.52. The molecule has 0 heterocycles. The molecule has 0 spiro atoms. The lowest BCUT2D eigenvalue weighted by atomic mass is 10.2. The molecule has 2 N–H and O–H groups in total. The molecule has 2 aromatic carbocycles. The topological polar surface area (TPSA) is 75.6 Å². The van der Waals surface area contributed by atoms with Crippen LogP contribution in [0.25, 0.3) is 0 Å². The zero-order valence-electron chi connectivity index (χ0n) is 8.48. The number of anilines is 2. The van der Waals surface area contributed by atoms with Crippen molar-refractivity contribution in [2.45, 2.75) is 0 Å². The first-order valence-corrected chi connectivity index (χ1v) is 4.57. The average molecular weight is 219 g/mol. The molecule has 0 fully saturated rings. The third-order valence-corrected chi connectivity index (χ3v) is 2.21. The first-order valence-electron chi connectivity index (χ1n) is 4.57. The maximum Gasteiger partial charge on any atom is 0.272 e. The molecule has 16 heavy (non-hydrogen) atoms. The van der Waals surface area contributed by atoms with Gasteiger partial charge in [-0.3, -0.25) is 9.59 Å². The summed E-state index contributed by atoms with van der Waals surface area (Å²) in [5.74, 6) is 0.167. The van der Waals surface area contributed by atoms with E-state index in [0.29, 0.717) is 5.69 Å². The Kier molecular flexibility index (Phi) is 2.36. The number of aromatic hydroxyl groups is 1. The summed E-state index contributed by atoms with van der Waals surface area (Å²) in [6, 6.07) is 6.12. The number of hydrogen-bond donors (Lipinski definition) is 2. The van der Waals surface area contributed by atoms with Crippen LogP contribution in [0.3, 0.4) is 0 Å². The molecule has 0 radical (unpaired) electrons. The highest BCUT2D eigenvalue weighted by Gasteiger charge is 2.21. The van der Waals surface area contributed by atoms with E-state index in [1.54, 1.807) is 12.1 Å². The summed E-state index contributed by atoms with van der Waals surface area (Å²) in [6.07, 6.45) is 0. The van der Waals surface area contributed by atoms with Gasteiger partial charge >= 0.3 is 0 Å². The van der Waals surface area contributed by atoms with Gasteiger partial charge < -0.3 is 15.2 Å². The van der Waals surface area contributed by atoms with E-state index >= 15 is 0 Å². The van der Waals surface area contributed by atoms with Crippen LogP contribution >= 0.6 is 0 Å². The Morgan fingerprint density at radius 1 is 1.12 bits per heavy atom. The van der Waals surface area contributed by atoms with Gasteiger partial charge in [0.15, 0.2) is 5.75 Å². The summed E-state index contributed by atoms with van der Waals surface area (Å²) in [6.45, 7) is 0. The molecule has 0 aliphatic carbocycles. The molecule has 5 heteroatoms. The zero-order valence-corrected chi connectivity index (χ0v) is 8.48. The van der Waals surface area contributed by atoms with Crippen LogP contribution in [0.5, 0.6) is 11.5 Å². The minimum absolute atomic E-state index is 0.0399. The van der Waals surface area contributed by atoms with Crippen molar-refractivity contribution < 1.29 is 9.84 Å². The van der Waals surface area contributed by atoms with Crippen LogP contribution in [0.2, 0.25) is 0 Å². The summed E-state index contributed by atoms with van der Waals surface area (Å²) in [5.41, 5.74) is -0.463. The SMILES string of the molecule is COc1c(Nc2ccc(O)cc2)c(=O)c1=O. The molecule has 0 unspecified atom stereocenters. The van der Waals surface area contributed by atoms with Gasteiger partial charge in [-0.25, -0.2) is 0 Å². The molecule has 82 valence electrons. The van der Waals surface area contributed by atoms with Crippen LogP contribution < -0.4 is 20.9 Å². The standard InChI is InChI=1S/C11H9NO4/c1-16-11-8(9(14)10(11)15)12-6-2-4-7(13)5-3-6/h2-5,12-13H,1H3. The minimum Gasteiger partial charge on any atom is -0.508 e. The number of methoxy groups -OCH3 is 1. The number of ether oxygens (including phenoxy) is 1. The maximum absolute atomic E-state index is 11.2. The van der Waals surface area contributed by atoms with E-state index < -0.39 is 10.9 Å². The highest BCUT2D eigenvalue weighted by atomic mass is 16.5. The van der Waals surface area contributed by atoms with Crippen LogP contribution in [-0.4, -0.2) is 12.2 Å². The van der Waals surface area contributed by atoms with Crippen molar-refractivity contribution in [1.29, 1.82) is 0 Å². The molecule has 2 rings (SSSR count). The molecule has 0 aliphatic rings. The molecule has 0 aromatic heterocycles. The Morgan fingerprint density at radius 2 is 1.75 bits per heavy atom. The number of phenolic OH excluding ortho intramolecular Hbond substituents is 1. The van der Waals surface area contributed by atoms with Crippen molar-refractivity contribution in [1.82, 2.24) is 0 Å². The van der Waals surface area contributed by atoms with E-state index in [2.05, 4.69) is 5.32 Å². The van der Waals surface area contributed by atoms with Gasteiger partial charge in [-0.1, -0.05) is 0 Å². The highest BCUT2D eigenvalue weighted by molar-refractivity contribution is 5.69. The minimum atomic E-state index is -0.622. The lowest BCUT2D eigenvalue weighted by molar-refractivity contribution is 0.408. The van der Waals surface area contributed by atoms with Gasteiger partial charge in [0.1, 0.15) is 11.4 Å². The number of nitrogens with one attached hydrogen (secondary N) is 1. The summed E-state index contributed by atoms with van der Waals surface area (Å²) in [5, 5.41) is 11.8. The second-order valence-electron chi connectivity index (χ2n) is 3.24. The predicted octanol–water partition coefficient (Wildman–Crippen LogP) is 0.740. The Labute approximate surface area is 90.6 Å². The number of benzene rings is 1. The zero-order chi connectivity index (χ0) is 11.7. The molecule has 0 amide bonds. The van der Waals surface area contributed by atoms with Crippen LogP contribution in [0.15, 0.2) is 33.9 Å². The van der Waals surface area contributed by atoms with Crippen molar-refractivity contribution in [2.24, 2.45) is 0 Å². The lowest BCUT2D eigenvalue weighted by Gasteiger charge is -2.11. The molecule has 2 aromatic rings. The number of phenols is 1. The maximum atomic E-state index is 11.2. The second kappa shape index (κ2) is 3.69. The van der Waals surface area contributed by atoms with E-state index in [4.69, 9.17) is 9.84 Å². The summed E-state index contributed by atoms with van der Waals surface area (Å²) in [7, 11) is 1.33. The number of hydrogen-bond acceptors (Lipinski definition) is 5. The molecular weight excluding hydrogens is 210 g/mol. The molecule has 0 atom stereocenters. The van der Waals surface area contributed by atoms with Gasteiger partial charge in [0.05, 0.1) is 7.11 Å². The molecule has 0 saturated heterocycles. The first kappa shape index (κ1) is 10.2. The second-order valence-corrected chi connectivity index (χ2v) is 3.24. The fourth-order valence-corrected chi connectivity index (χ4v) is 1.37. The van der Waals surface area contributed by atoms with Crippen LogP contribution in [0.1, 0.15) is 0 Å². The van der Waals surface area contributed by atoms with Crippen molar-refractivity contribution in [3.63, 3.8) is 0 Å². The van der Waals surface area contributed by atoms with Crippen molar-refractivity contribution in [2.75, 3.05) is 12.4 Å². The molecule has 5 nitrogen and oxygen atoms in total. The third-order valence-electron chi connectivity index (χ3n) is 2.21. The van der Waals surface area contributed by atoms with Gasteiger partial charge in [0.2, 0.25) is 0 Å². The first-order chi connectivity index (χ1) is 7.63. The monoisotopic (exact) mass is 219 g/mol. The smallest absolute Gasteiger partial charge is 0.272 e. The van der Waals surface area contributed by atoms with Gasteiger partial charge in [0, 0.05) is 5.69 Å². The normalized spacial score (nSPS) is 10.3. The summed E-state index contributed by atoms with van der Waals surface area (Å²) < 4.78 is 4.77. The predicted molar refractivity (Wildman–Crippen MR) is 59.3 cm³/mol. The van der Waals surface area contributed by atoms with Gasteiger partial charge in [-0.05, 0) is 24.3 Å². The Hall–Kier alpha value is -2.30. The molecule has 0 aliphatic heterocycles. The van der Waals surface area contributed by atoms with Gasteiger partial charge in [0.25, 0.3) is 10.9 Å². The molecular formula is C11H9NO4. The van der Waals surface area contributed by atoms with E-state index in [-0.39, 0.29) is 17.2 Å². The lowest BCUT2D eigenvalue weighted by Crippen LogP contribution is -2.34.